The lowest BCUT2D eigenvalue weighted by Gasteiger charge is -2.53. The van der Waals surface area contributed by atoms with Crippen LogP contribution in [0.2, 0.25) is 0 Å². The number of aromatic nitrogens is 1. The molecule has 10 atom stereocenters. The van der Waals surface area contributed by atoms with Crippen molar-refractivity contribution >= 4 is 40.6 Å². The van der Waals surface area contributed by atoms with Crippen molar-refractivity contribution in [2.24, 2.45) is 17.3 Å². The molecule has 5 saturated heterocycles. The van der Waals surface area contributed by atoms with Gasteiger partial charge in [0.05, 0.1) is 49.4 Å². The second-order valence-electron chi connectivity index (χ2n) is 20.2. The number of alkyl halides is 2. The van der Waals surface area contributed by atoms with Crippen molar-refractivity contribution in [3.8, 4) is 11.8 Å². The van der Waals surface area contributed by atoms with E-state index in [0.29, 0.717) is 75.3 Å². The van der Waals surface area contributed by atoms with Crippen molar-refractivity contribution in [1.29, 1.82) is 5.26 Å². The third-order valence-electron chi connectivity index (χ3n) is 16.6. The number of rotatable bonds is 13. The molecule has 7 heterocycles. The number of piperazine rings is 1. The van der Waals surface area contributed by atoms with Crippen molar-refractivity contribution in [2.75, 3.05) is 59.0 Å². The van der Waals surface area contributed by atoms with Gasteiger partial charge in [-0.05, 0) is 67.4 Å². The lowest BCUT2D eigenvalue weighted by Crippen LogP contribution is -2.70. The number of halogens is 2. The minimum Gasteiger partial charge on any atom is -0.494 e. The van der Waals surface area contributed by atoms with Gasteiger partial charge in [0.1, 0.15) is 41.8 Å². The topological polar surface area (TPSA) is 209 Å². The summed E-state index contributed by atoms with van der Waals surface area (Å²) in [6.07, 6.45) is 2.08. The number of carbonyl (C=O) groups excluding carboxylic acids is 5. The molecule has 67 heavy (non-hydrogen) atoms. The highest BCUT2D eigenvalue weighted by Gasteiger charge is 3.01. The Morgan fingerprint density at radius 1 is 1.04 bits per heavy atom. The van der Waals surface area contributed by atoms with E-state index in [1.54, 1.807) is 29.2 Å². The van der Waals surface area contributed by atoms with Gasteiger partial charge < -0.3 is 43.5 Å². The van der Waals surface area contributed by atoms with Crippen molar-refractivity contribution in [3.63, 3.8) is 0 Å². The number of nitrogens with zero attached hydrogens (tertiary/aromatic N) is 5. The predicted octanol–water partition coefficient (Wildman–Crippen LogP) is 3.09. The Bertz CT molecular complexity index is 2540. The maximum absolute atomic E-state index is 13.9. The molecule has 7 fully saturated rings. The van der Waals surface area contributed by atoms with Crippen LogP contribution in [-0.2, 0) is 42.9 Å². The first-order valence-corrected chi connectivity index (χ1v) is 23.6. The Morgan fingerprint density at radius 2 is 1.85 bits per heavy atom. The molecule has 356 valence electrons. The lowest BCUT2D eigenvalue weighted by atomic mass is 9.46. The van der Waals surface area contributed by atoms with Gasteiger partial charge in [0.15, 0.2) is 11.7 Å². The molecule has 6 aliphatic heterocycles. The second kappa shape index (κ2) is 15.6. The predicted molar refractivity (Wildman–Crippen MR) is 228 cm³/mol. The Labute approximate surface area is 385 Å². The molecule has 1 aromatic heterocycles. The summed E-state index contributed by atoms with van der Waals surface area (Å²) in [4.78, 5) is 74.7. The van der Waals surface area contributed by atoms with Crippen LogP contribution in [0.1, 0.15) is 76.1 Å². The van der Waals surface area contributed by atoms with E-state index in [1.165, 1.54) is 12.3 Å². The maximum Gasteiger partial charge on any atom is 0.334 e. The number of cyclic esters (lactones) is 1. The number of nitrogens with one attached hydrogen (secondary N) is 1. The number of epoxide rings is 3. The van der Waals surface area contributed by atoms with Crippen LogP contribution >= 0.6 is 0 Å². The van der Waals surface area contributed by atoms with E-state index in [-0.39, 0.29) is 65.8 Å². The third kappa shape index (κ3) is 6.70. The molecule has 0 bridgehead atoms. The van der Waals surface area contributed by atoms with Crippen molar-refractivity contribution < 1.29 is 61.2 Å². The Hall–Kier alpha value is -5.29. The van der Waals surface area contributed by atoms with E-state index >= 15 is 0 Å². The summed E-state index contributed by atoms with van der Waals surface area (Å²) in [6.45, 7) is 8.76. The molecule has 1 N–H and O–H groups in total. The van der Waals surface area contributed by atoms with Gasteiger partial charge in [0.2, 0.25) is 11.8 Å². The first kappa shape index (κ1) is 44.2. The Kier molecular flexibility index (Phi) is 10.3. The number of nitriles is 1. The molecule has 2 spiro atoms. The SMILES string of the molecule is CC(C)[C@]12O[C@H]1[C@@H]1O[C@]13[C@]1(O[C@H]1C[C@H]1C4=C(CC[C@@]13C)C(=O)OC4)[C@@H]2OC(=O)CCC(=O)N1CCN(CCCOc2ccc3nccc(C(=O)NCC(=O)N4CC(F)(F)C[C@H]4C#N)c3c2)CC1. The van der Waals surface area contributed by atoms with Crippen LogP contribution in [0, 0.1) is 28.6 Å². The molecule has 11 rings (SSSR count). The molecular weight excluding hydrogens is 875 g/mol. The fourth-order valence-corrected chi connectivity index (χ4v) is 13.1. The molecule has 3 aliphatic carbocycles. The van der Waals surface area contributed by atoms with E-state index in [9.17, 15) is 38.0 Å². The lowest BCUT2D eigenvalue weighted by molar-refractivity contribution is -0.170. The zero-order chi connectivity index (χ0) is 46.8. The number of ether oxygens (including phenoxy) is 6. The van der Waals surface area contributed by atoms with Crippen molar-refractivity contribution in [1.82, 2.24) is 25.0 Å². The van der Waals surface area contributed by atoms with Crippen LogP contribution in [0.5, 0.6) is 5.75 Å². The number of esters is 2. The minimum absolute atomic E-state index is 0.0236. The summed E-state index contributed by atoms with van der Waals surface area (Å²) < 4.78 is 65.8. The van der Waals surface area contributed by atoms with Gasteiger partial charge >= 0.3 is 11.9 Å². The molecular formula is C48H54F2N6O11. The number of benzene rings is 1. The molecule has 9 aliphatic rings. The summed E-state index contributed by atoms with van der Waals surface area (Å²) in [5.74, 6) is -4.71. The van der Waals surface area contributed by atoms with Crippen LogP contribution in [0.3, 0.4) is 0 Å². The van der Waals surface area contributed by atoms with Crippen LogP contribution in [-0.4, -0.2) is 162 Å². The summed E-state index contributed by atoms with van der Waals surface area (Å²) >= 11 is 0. The van der Waals surface area contributed by atoms with Gasteiger partial charge in [-0.25, -0.2) is 13.6 Å². The molecule has 1 aromatic carbocycles. The fraction of sp³-hybridized carbons (Fsp3) is 0.646. The Balaban J connectivity index is 0.643. The molecule has 0 radical (unpaired) electrons. The molecule has 3 amide bonds. The largest absolute Gasteiger partial charge is 0.494 e. The normalized spacial score (nSPS) is 36.1. The number of hydrogen-bond acceptors (Lipinski definition) is 14. The van der Waals surface area contributed by atoms with E-state index in [4.69, 9.17) is 28.4 Å². The number of hydrogen-bond donors (Lipinski definition) is 1. The van der Waals surface area contributed by atoms with Crippen molar-refractivity contribution in [3.05, 3.63) is 47.2 Å². The summed E-state index contributed by atoms with van der Waals surface area (Å²) in [5, 5.41) is 12.2. The van der Waals surface area contributed by atoms with Gasteiger partial charge in [-0.2, -0.15) is 5.26 Å². The molecule has 17 nitrogen and oxygen atoms in total. The summed E-state index contributed by atoms with van der Waals surface area (Å²) in [7, 11) is 0. The van der Waals surface area contributed by atoms with Crippen LogP contribution in [0.4, 0.5) is 8.78 Å². The van der Waals surface area contributed by atoms with Gasteiger partial charge in [-0.3, -0.25) is 29.1 Å². The van der Waals surface area contributed by atoms with Crippen LogP contribution < -0.4 is 10.1 Å². The summed E-state index contributed by atoms with van der Waals surface area (Å²) in [5.41, 5.74) is -0.0409. The smallest absolute Gasteiger partial charge is 0.334 e. The zero-order valence-electron chi connectivity index (χ0n) is 37.7. The zero-order valence-corrected chi connectivity index (χ0v) is 37.7. The first-order chi connectivity index (χ1) is 32.1. The average Bonchev–Trinajstić information content (AvgIpc) is 4.26. The van der Waals surface area contributed by atoms with E-state index in [1.807, 2.05) is 0 Å². The molecule has 19 heteroatoms. The fourth-order valence-electron chi connectivity index (χ4n) is 13.1. The quantitative estimate of drug-likeness (QED) is 0.174. The number of fused-ring (bicyclic) bond motifs is 5. The maximum atomic E-state index is 13.9. The van der Waals surface area contributed by atoms with E-state index in [2.05, 4.69) is 36.0 Å². The highest BCUT2D eigenvalue weighted by molar-refractivity contribution is 6.07. The average molecular weight is 929 g/mol. The van der Waals surface area contributed by atoms with Gasteiger partial charge in [-0.15, -0.1) is 0 Å². The highest BCUT2D eigenvalue weighted by Crippen LogP contribution is 2.83. The van der Waals surface area contributed by atoms with Crippen molar-refractivity contribution in [2.45, 2.75) is 119 Å². The van der Waals surface area contributed by atoms with Gasteiger partial charge in [0, 0.05) is 68.1 Å². The van der Waals surface area contributed by atoms with Crippen LogP contribution in [0.15, 0.2) is 41.6 Å². The summed E-state index contributed by atoms with van der Waals surface area (Å²) in [6, 6.07) is 7.13. The standard InChI is InChI=1S/C48H54F2N6O11/c1-26(2)46-39(66-46)40-48(67-40)44(3)11-9-30-32(24-63-42(30)61)33(44)20-35-47(48,65-35)43(46)64-38(59)8-7-36(57)55-16-14-54(15-17-55)13-4-18-62-28-5-6-34-31(19-28)29(10-12-52-34)41(60)53-23-37(58)56-25-45(49,50)21-27(56)22-51/h5-6,10,12,19,26-27,33,35,39-40,43H,4,7-9,11,13-18,20-21,23-25H2,1-3H3,(H,53,60)/t27-,33-,35-,39-,40-,43+,44-,46-,47+,48+/m0/s1. The number of pyridine rings is 1. The monoisotopic (exact) mass is 928 g/mol. The van der Waals surface area contributed by atoms with Gasteiger partial charge in [-0.1, -0.05) is 20.8 Å². The highest BCUT2D eigenvalue weighted by atomic mass is 19.3. The second-order valence-corrected chi connectivity index (χ2v) is 20.2. The first-order valence-electron chi connectivity index (χ1n) is 23.6. The molecule has 2 aromatic rings. The number of likely N-dealkylation sites (tertiary alicyclic amines) is 1. The third-order valence-corrected chi connectivity index (χ3v) is 16.6. The molecule has 0 unspecified atom stereocenters. The molecule has 2 saturated carbocycles. The minimum atomic E-state index is -3.16. The Morgan fingerprint density at radius 3 is 2.63 bits per heavy atom. The van der Waals surface area contributed by atoms with E-state index < -0.39 is 72.2 Å². The van der Waals surface area contributed by atoms with Crippen LogP contribution in [0.25, 0.3) is 10.9 Å². The van der Waals surface area contributed by atoms with E-state index in [0.717, 1.165) is 29.0 Å². The number of carbonyl (C=O) groups is 5. The van der Waals surface area contributed by atoms with Gasteiger partial charge in [0.25, 0.3) is 11.8 Å². The number of amides is 3.